The summed E-state index contributed by atoms with van der Waals surface area (Å²) in [7, 11) is -3.28. The molecule has 0 saturated heterocycles. The van der Waals surface area contributed by atoms with Crippen molar-refractivity contribution >= 4 is 21.8 Å². The van der Waals surface area contributed by atoms with E-state index in [1.54, 1.807) is 13.8 Å². The highest BCUT2D eigenvalue weighted by Gasteiger charge is 2.48. The van der Waals surface area contributed by atoms with Crippen LogP contribution in [0, 0.1) is 5.41 Å². The number of esters is 2. The Bertz CT molecular complexity index is 422. The molecule has 0 unspecified atom stereocenters. The van der Waals surface area contributed by atoms with Crippen LogP contribution in [0.4, 0.5) is 0 Å². The highest BCUT2D eigenvalue weighted by Crippen LogP contribution is 2.33. The normalized spacial score (nSPS) is 12.0. The fraction of sp³-hybridized carbons (Fsp3) is 0.857. The summed E-state index contributed by atoms with van der Waals surface area (Å²) in [4.78, 5) is 24.5. The van der Waals surface area contributed by atoms with Crippen LogP contribution in [0.15, 0.2) is 0 Å². The first-order valence-electron chi connectivity index (χ1n) is 7.34. The van der Waals surface area contributed by atoms with Gasteiger partial charge >= 0.3 is 11.9 Å². The molecular weight excluding hydrogens is 296 g/mol. The molecule has 0 amide bonds. The molecule has 0 radical (unpaired) electrons. The lowest BCUT2D eigenvalue weighted by molar-refractivity contribution is -0.173. The summed E-state index contributed by atoms with van der Waals surface area (Å²) < 4.78 is 33.4. The van der Waals surface area contributed by atoms with Gasteiger partial charge in [-0.1, -0.05) is 20.3 Å². The minimum absolute atomic E-state index is 0.0269. The van der Waals surface area contributed by atoms with Gasteiger partial charge in [-0.05, 0) is 26.7 Å². The van der Waals surface area contributed by atoms with Crippen LogP contribution in [0.2, 0.25) is 0 Å². The summed E-state index contributed by atoms with van der Waals surface area (Å²) in [5.41, 5.74) is -1.52. The first-order valence-corrected chi connectivity index (χ1v) is 9.16. The van der Waals surface area contributed by atoms with Gasteiger partial charge in [0.1, 0.15) is 9.84 Å². The van der Waals surface area contributed by atoms with Crippen LogP contribution in [0.3, 0.4) is 0 Å². The molecular formula is C14H26O6S. The minimum atomic E-state index is -3.28. The van der Waals surface area contributed by atoms with Gasteiger partial charge in [-0.15, -0.1) is 0 Å². The molecule has 0 aromatic heterocycles. The van der Waals surface area contributed by atoms with Gasteiger partial charge in [-0.2, -0.15) is 0 Å². The van der Waals surface area contributed by atoms with Gasteiger partial charge in [0.05, 0.1) is 19.0 Å². The van der Waals surface area contributed by atoms with E-state index in [-0.39, 0.29) is 37.6 Å². The van der Waals surface area contributed by atoms with Crippen molar-refractivity contribution in [3.8, 4) is 0 Å². The number of ether oxygens (including phenoxy) is 2. The van der Waals surface area contributed by atoms with Crippen LogP contribution in [-0.2, 0) is 28.9 Å². The zero-order valence-corrected chi connectivity index (χ0v) is 14.1. The van der Waals surface area contributed by atoms with Gasteiger partial charge < -0.3 is 9.47 Å². The molecule has 0 spiro atoms. The zero-order chi connectivity index (χ0) is 16.5. The maximum atomic E-state index is 12.3. The van der Waals surface area contributed by atoms with Crippen molar-refractivity contribution < 1.29 is 27.5 Å². The predicted octanol–water partition coefficient (Wildman–Crippen LogP) is 1.72. The second-order valence-corrected chi connectivity index (χ2v) is 7.23. The maximum Gasteiger partial charge on any atom is 0.323 e. The second kappa shape index (κ2) is 9.02. The van der Waals surface area contributed by atoms with Crippen LogP contribution >= 0.6 is 0 Å². The predicted molar refractivity (Wildman–Crippen MR) is 79.6 cm³/mol. The summed E-state index contributed by atoms with van der Waals surface area (Å²) in [6, 6.07) is 0. The van der Waals surface area contributed by atoms with E-state index in [9.17, 15) is 18.0 Å². The minimum Gasteiger partial charge on any atom is -0.465 e. The monoisotopic (exact) mass is 322 g/mol. The molecule has 124 valence electrons. The van der Waals surface area contributed by atoms with Crippen molar-refractivity contribution in [2.45, 2.75) is 47.0 Å². The number of hydrogen-bond acceptors (Lipinski definition) is 6. The molecule has 0 aliphatic carbocycles. The van der Waals surface area contributed by atoms with Gasteiger partial charge in [-0.25, -0.2) is 8.42 Å². The number of carbonyl (C=O) groups is 2. The van der Waals surface area contributed by atoms with E-state index in [1.807, 2.05) is 6.92 Å². The van der Waals surface area contributed by atoms with Gasteiger partial charge in [0.25, 0.3) is 0 Å². The maximum absolute atomic E-state index is 12.3. The first-order chi connectivity index (χ1) is 9.79. The Morgan fingerprint density at radius 1 is 0.905 bits per heavy atom. The molecule has 0 aliphatic heterocycles. The summed E-state index contributed by atoms with van der Waals surface area (Å²) in [6.45, 7) is 6.90. The van der Waals surface area contributed by atoms with E-state index in [0.29, 0.717) is 6.42 Å². The Hall–Kier alpha value is -1.11. The lowest BCUT2D eigenvalue weighted by Gasteiger charge is -2.28. The molecule has 0 aliphatic rings. The first kappa shape index (κ1) is 19.9. The standard InChI is InChI=1S/C14H26O6S/c1-5-9-14(12(15)19-6-2,13(16)20-7-3)10-11-21(17,18)8-4/h5-11H2,1-4H3. The molecule has 0 atom stereocenters. The Labute approximate surface area is 127 Å². The third-order valence-electron chi connectivity index (χ3n) is 3.29. The van der Waals surface area contributed by atoms with Crippen molar-refractivity contribution in [1.82, 2.24) is 0 Å². The molecule has 0 fully saturated rings. The molecule has 0 N–H and O–H groups in total. The summed E-state index contributed by atoms with van der Waals surface area (Å²) in [5, 5.41) is 0. The van der Waals surface area contributed by atoms with Crippen molar-refractivity contribution in [2.75, 3.05) is 24.7 Å². The van der Waals surface area contributed by atoms with Crippen LogP contribution in [0.25, 0.3) is 0 Å². The number of rotatable bonds is 10. The van der Waals surface area contributed by atoms with Crippen LogP contribution in [0.1, 0.15) is 47.0 Å². The van der Waals surface area contributed by atoms with Crippen molar-refractivity contribution in [1.29, 1.82) is 0 Å². The zero-order valence-electron chi connectivity index (χ0n) is 13.3. The van der Waals surface area contributed by atoms with E-state index in [1.165, 1.54) is 6.92 Å². The molecule has 0 heterocycles. The Morgan fingerprint density at radius 3 is 1.71 bits per heavy atom. The molecule has 0 rings (SSSR count). The third-order valence-corrected chi connectivity index (χ3v) is 4.99. The summed E-state index contributed by atoms with van der Waals surface area (Å²) in [6.07, 6.45) is 0.655. The van der Waals surface area contributed by atoms with Crippen molar-refractivity contribution in [3.63, 3.8) is 0 Å². The molecule has 0 aromatic rings. The number of sulfone groups is 1. The fourth-order valence-corrected chi connectivity index (χ4v) is 3.00. The topological polar surface area (TPSA) is 86.7 Å². The number of carbonyl (C=O) groups excluding carboxylic acids is 2. The Morgan fingerprint density at radius 2 is 1.38 bits per heavy atom. The molecule has 21 heavy (non-hydrogen) atoms. The smallest absolute Gasteiger partial charge is 0.323 e. The van der Waals surface area contributed by atoms with E-state index in [2.05, 4.69) is 0 Å². The fourth-order valence-electron chi connectivity index (χ4n) is 2.06. The molecule has 6 nitrogen and oxygen atoms in total. The highest BCUT2D eigenvalue weighted by atomic mass is 32.2. The molecule has 7 heteroatoms. The van der Waals surface area contributed by atoms with Gasteiger partial charge in [0, 0.05) is 5.75 Å². The van der Waals surface area contributed by atoms with E-state index in [0.717, 1.165) is 0 Å². The Balaban J connectivity index is 5.46. The van der Waals surface area contributed by atoms with Crippen LogP contribution in [0.5, 0.6) is 0 Å². The second-order valence-electron chi connectivity index (χ2n) is 4.76. The van der Waals surface area contributed by atoms with Crippen molar-refractivity contribution in [2.24, 2.45) is 5.41 Å². The average molecular weight is 322 g/mol. The molecule has 0 aromatic carbocycles. The largest absolute Gasteiger partial charge is 0.465 e. The van der Waals surface area contributed by atoms with E-state index < -0.39 is 27.2 Å². The van der Waals surface area contributed by atoms with Crippen LogP contribution in [-0.4, -0.2) is 45.1 Å². The lowest BCUT2D eigenvalue weighted by Crippen LogP contribution is -2.43. The van der Waals surface area contributed by atoms with Gasteiger partial charge in [-0.3, -0.25) is 9.59 Å². The lowest BCUT2D eigenvalue weighted by atomic mass is 9.80. The average Bonchev–Trinajstić information content (AvgIpc) is 2.44. The van der Waals surface area contributed by atoms with E-state index in [4.69, 9.17) is 9.47 Å². The quantitative estimate of drug-likeness (QED) is 0.449. The Kier molecular flexibility index (Phi) is 8.54. The van der Waals surface area contributed by atoms with Gasteiger partial charge in [0.2, 0.25) is 0 Å². The number of hydrogen-bond donors (Lipinski definition) is 0. The van der Waals surface area contributed by atoms with Gasteiger partial charge in [0.15, 0.2) is 5.41 Å². The van der Waals surface area contributed by atoms with E-state index >= 15 is 0 Å². The summed E-state index contributed by atoms with van der Waals surface area (Å²) >= 11 is 0. The molecule has 0 saturated carbocycles. The third kappa shape index (κ3) is 5.65. The van der Waals surface area contributed by atoms with Crippen molar-refractivity contribution in [3.05, 3.63) is 0 Å². The SMILES string of the molecule is CCCC(CCS(=O)(=O)CC)(C(=O)OCC)C(=O)OCC. The molecule has 0 bridgehead atoms. The summed E-state index contributed by atoms with van der Waals surface area (Å²) in [5.74, 6) is -1.66. The highest BCUT2D eigenvalue weighted by molar-refractivity contribution is 7.91. The van der Waals surface area contributed by atoms with Crippen LogP contribution < -0.4 is 0 Å².